The van der Waals surface area contributed by atoms with E-state index in [1.165, 1.54) is 44.9 Å². The molecule has 1 heteroatoms. The first kappa shape index (κ1) is 14.0. The largest absolute Gasteiger partial charge is 0.317 e. The minimum absolute atomic E-state index is 0.768. The van der Waals surface area contributed by atoms with Crippen LogP contribution in [0.25, 0.3) is 0 Å². The molecule has 0 aromatic heterocycles. The van der Waals surface area contributed by atoms with Crippen molar-refractivity contribution in [2.45, 2.75) is 71.8 Å². The molecule has 1 aliphatic carbocycles. The Morgan fingerprint density at radius 3 is 2.62 bits per heavy atom. The summed E-state index contributed by atoms with van der Waals surface area (Å²) in [5.41, 5.74) is 0. The topological polar surface area (TPSA) is 12.0 Å². The first-order valence-electron chi connectivity index (χ1n) is 7.34. The third kappa shape index (κ3) is 4.45. The molecular weight excluding hydrogens is 194 g/mol. The van der Waals surface area contributed by atoms with Crippen LogP contribution in [0.15, 0.2) is 0 Å². The van der Waals surface area contributed by atoms with E-state index in [1.807, 2.05) is 0 Å². The van der Waals surface area contributed by atoms with Gasteiger partial charge in [0.1, 0.15) is 0 Å². The van der Waals surface area contributed by atoms with Crippen LogP contribution in [-0.4, -0.2) is 13.1 Å². The predicted octanol–water partition coefficient (Wildman–Crippen LogP) is 4.23. The Kier molecular flexibility index (Phi) is 6.41. The summed E-state index contributed by atoms with van der Waals surface area (Å²) in [4.78, 5) is 0. The van der Waals surface area contributed by atoms with Gasteiger partial charge in [-0.3, -0.25) is 0 Å². The fourth-order valence-electron chi connectivity index (χ4n) is 3.44. The van der Waals surface area contributed by atoms with Crippen molar-refractivity contribution in [2.75, 3.05) is 7.05 Å². The van der Waals surface area contributed by atoms with Gasteiger partial charge in [0.15, 0.2) is 0 Å². The highest BCUT2D eigenvalue weighted by atomic mass is 14.9. The second kappa shape index (κ2) is 7.32. The maximum absolute atomic E-state index is 3.58. The van der Waals surface area contributed by atoms with E-state index in [-0.39, 0.29) is 0 Å². The molecule has 0 heterocycles. The van der Waals surface area contributed by atoms with E-state index in [2.05, 4.69) is 33.1 Å². The van der Waals surface area contributed by atoms with Gasteiger partial charge >= 0.3 is 0 Å². The summed E-state index contributed by atoms with van der Waals surface area (Å²) in [5.74, 6) is 2.78. The van der Waals surface area contributed by atoms with Gasteiger partial charge < -0.3 is 5.32 Å². The van der Waals surface area contributed by atoms with Crippen LogP contribution in [0.5, 0.6) is 0 Å². The van der Waals surface area contributed by atoms with Crippen LogP contribution in [0.2, 0.25) is 0 Å². The molecule has 0 radical (unpaired) electrons. The summed E-state index contributed by atoms with van der Waals surface area (Å²) in [6.45, 7) is 7.14. The van der Waals surface area contributed by atoms with Crippen LogP contribution in [0.3, 0.4) is 0 Å². The van der Waals surface area contributed by atoms with Crippen LogP contribution in [0, 0.1) is 17.8 Å². The molecule has 96 valence electrons. The molecule has 4 atom stereocenters. The Hall–Kier alpha value is -0.0400. The molecule has 1 fully saturated rings. The van der Waals surface area contributed by atoms with Gasteiger partial charge in [-0.2, -0.15) is 0 Å². The minimum atomic E-state index is 0.768. The maximum atomic E-state index is 3.58. The van der Waals surface area contributed by atoms with Gasteiger partial charge in [-0.25, -0.2) is 0 Å². The van der Waals surface area contributed by atoms with E-state index in [4.69, 9.17) is 0 Å². The predicted molar refractivity (Wildman–Crippen MR) is 72.7 cm³/mol. The van der Waals surface area contributed by atoms with Gasteiger partial charge in [-0.15, -0.1) is 0 Å². The minimum Gasteiger partial charge on any atom is -0.317 e. The molecule has 1 aliphatic rings. The third-order valence-corrected chi connectivity index (χ3v) is 4.35. The summed E-state index contributed by atoms with van der Waals surface area (Å²) < 4.78 is 0. The zero-order chi connectivity index (χ0) is 12.0. The highest BCUT2D eigenvalue weighted by molar-refractivity contribution is 4.81. The highest BCUT2D eigenvalue weighted by Gasteiger charge is 2.26. The molecule has 0 aromatic rings. The highest BCUT2D eigenvalue weighted by Crippen LogP contribution is 2.33. The van der Waals surface area contributed by atoms with Gasteiger partial charge in [0.2, 0.25) is 0 Å². The second-order valence-corrected chi connectivity index (χ2v) is 6.06. The fourth-order valence-corrected chi connectivity index (χ4v) is 3.44. The van der Waals surface area contributed by atoms with Crippen molar-refractivity contribution in [3.8, 4) is 0 Å². The Balaban J connectivity index is 2.39. The van der Waals surface area contributed by atoms with Crippen LogP contribution < -0.4 is 5.32 Å². The van der Waals surface area contributed by atoms with Gasteiger partial charge in [0.05, 0.1) is 0 Å². The summed E-state index contributed by atoms with van der Waals surface area (Å²) in [5, 5.41) is 3.58. The van der Waals surface area contributed by atoms with Crippen molar-refractivity contribution >= 4 is 0 Å². The normalized spacial score (nSPS) is 30.0. The van der Waals surface area contributed by atoms with Crippen molar-refractivity contribution in [3.05, 3.63) is 0 Å². The van der Waals surface area contributed by atoms with Crippen LogP contribution in [-0.2, 0) is 0 Å². The van der Waals surface area contributed by atoms with E-state index >= 15 is 0 Å². The van der Waals surface area contributed by atoms with E-state index in [0.717, 1.165) is 23.8 Å². The van der Waals surface area contributed by atoms with Gasteiger partial charge in [0.25, 0.3) is 0 Å². The second-order valence-electron chi connectivity index (χ2n) is 6.06. The quantitative estimate of drug-likeness (QED) is 0.713. The monoisotopic (exact) mass is 225 g/mol. The summed E-state index contributed by atoms with van der Waals surface area (Å²) in [6, 6.07) is 0.768. The lowest BCUT2D eigenvalue weighted by Gasteiger charge is -2.34. The molecule has 0 aromatic carbocycles. The van der Waals surface area contributed by atoms with Gasteiger partial charge in [0, 0.05) is 6.04 Å². The van der Waals surface area contributed by atoms with E-state index < -0.39 is 0 Å². The molecular formula is C15H31N. The molecule has 1 N–H and O–H groups in total. The molecule has 4 unspecified atom stereocenters. The molecule has 0 amide bonds. The van der Waals surface area contributed by atoms with E-state index in [9.17, 15) is 0 Å². The Morgan fingerprint density at radius 2 is 2.06 bits per heavy atom. The molecule has 0 aliphatic heterocycles. The standard InChI is InChI=1S/C15H31N/c1-5-7-12(2)11-15(16-4)14-9-6-8-13(3)10-14/h12-16H,5-11H2,1-4H3. The molecule has 0 saturated heterocycles. The molecule has 0 bridgehead atoms. The number of hydrogen-bond acceptors (Lipinski definition) is 1. The van der Waals surface area contributed by atoms with Crippen molar-refractivity contribution in [3.63, 3.8) is 0 Å². The number of nitrogens with one attached hydrogen (secondary N) is 1. The molecule has 0 spiro atoms. The third-order valence-electron chi connectivity index (χ3n) is 4.35. The van der Waals surface area contributed by atoms with Crippen molar-refractivity contribution in [2.24, 2.45) is 17.8 Å². The van der Waals surface area contributed by atoms with Gasteiger partial charge in [-0.05, 0) is 44.1 Å². The van der Waals surface area contributed by atoms with Crippen LogP contribution in [0.1, 0.15) is 65.7 Å². The first-order chi connectivity index (χ1) is 7.67. The number of rotatable bonds is 6. The van der Waals surface area contributed by atoms with Gasteiger partial charge in [-0.1, -0.05) is 46.5 Å². The molecule has 1 rings (SSSR count). The van der Waals surface area contributed by atoms with Crippen molar-refractivity contribution < 1.29 is 0 Å². The average Bonchev–Trinajstić information content (AvgIpc) is 2.26. The Labute approximate surface area is 102 Å². The Bertz CT molecular complexity index is 178. The summed E-state index contributed by atoms with van der Waals surface area (Å²) in [6.07, 6.45) is 9.91. The summed E-state index contributed by atoms with van der Waals surface area (Å²) in [7, 11) is 2.16. The lowest BCUT2D eigenvalue weighted by atomic mass is 9.76. The first-order valence-corrected chi connectivity index (χ1v) is 7.34. The number of hydrogen-bond donors (Lipinski definition) is 1. The maximum Gasteiger partial charge on any atom is 0.00949 e. The smallest absolute Gasteiger partial charge is 0.00949 e. The van der Waals surface area contributed by atoms with E-state index in [1.54, 1.807) is 0 Å². The molecule has 1 saturated carbocycles. The zero-order valence-corrected chi connectivity index (χ0v) is 11.8. The lowest BCUT2D eigenvalue weighted by Crippen LogP contribution is -2.37. The SMILES string of the molecule is CCCC(C)CC(NC)C1CCCC(C)C1. The van der Waals surface area contributed by atoms with Crippen LogP contribution >= 0.6 is 0 Å². The Morgan fingerprint density at radius 1 is 1.31 bits per heavy atom. The summed E-state index contributed by atoms with van der Waals surface area (Å²) >= 11 is 0. The van der Waals surface area contributed by atoms with Crippen LogP contribution in [0.4, 0.5) is 0 Å². The fraction of sp³-hybridized carbons (Fsp3) is 1.00. The van der Waals surface area contributed by atoms with Crippen molar-refractivity contribution in [1.82, 2.24) is 5.32 Å². The van der Waals surface area contributed by atoms with Crippen molar-refractivity contribution in [1.29, 1.82) is 0 Å². The lowest BCUT2D eigenvalue weighted by molar-refractivity contribution is 0.205. The van der Waals surface area contributed by atoms with E-state index in [0.29, 0.717) is 0 Å². The molecule has 16 heavy (non-hydrogen) atoms. The molecule has 1 nitrogen and oxygen atoms in total. The average molecular weight is 225 g/mol. The zero-order valence-electron chi connectivity index (χ0n) is 11.8.